The summed E-state index contributed by atoms with van der Waals surface area (Å²) in [5.74, 6) is 1.11. The maximum absolute atomic E-state index is 10.1. The lowest BCUT2D eigenvalue weighted by Gasteiger charge is -2.03. The Hall–Kier alpha value is -0.760. The molecule has 0 heterocycles. The molecule has 0 aliphatic rings. The molecule has 0 saturated heterocycles. The van der Waals surface area contributed by atoms with Gasteiger partial charge >= 0.3 is 0 Å². The zero-order valence-electron chi connectivity index (χ0n) is 8.53. The summed E-state index contributed by atoms with van der Waals surface area (Å²) in [6.07, 6.45) is 3.84. The molecule has 0 aromatic heterocycles. The number of carbonyl (C=O) groups is 1. The molecule has 0 aliphatic carbocycles. The summed E-state index contributed by atoms with van der Waals surface area (Å²) in [4.78, 5) is 11.4. The van der Waals surface area contributed by atoms with Gasteiger partial charge in [0, 0.05) is 11.3 Å². The number of hydrogen-bond acceptors (Lipinski definition) is 2. The fraction of sp³-hybridized carbons (Fsp3) is 0.417. The van der Waals surface area contributed by atoms with E-state index < -0.39 is 0 Å². The van der Waals surface area contributed by atoms with Gasteiger partial charge in [-0.3, -0.25) is 0 Å². The van der Waals surface area contributed by atoms with Gasteiger partial charge in [0.25, 0.3) is 0 Å². The average Bonchev–Trinajstić information content (AvgIpc) is 2.20. The molecule has 0 unspecified atom stereocenters. The molecule has 0 radical (unpaired) electrons. The van der Waals surface area contributed by atoms with E-state index in [1.54, 1.807) is 0 Å². The zero-order chi connectivity index (χ0) is 10.2. The van der Waals surface area contributed by atoms with E-state index in [0.717, 1.165) is 24.9 Å². The van der Waals surface area contributed by atoms with Crippen molar-refractivity contribution < 1.29 is 4.79 Å². The largest absolute Gasteiger partial charge is 0.303 e. The Morgan fingerprint density at radius 3 is 2.79 bits per heavy atom. The molecule has 1 aromatic rings. The molecule has 2 heteroatoms. The van der Waals surface area contributed by atoms with Crippen LogP contribution < -0.4 is 0 Å². The number of benzene rings is 1. The Bertz CT molecular complexity index is 283. The Morgan fingerprint density at radius 1 is 1.29 bits per heavy atom. The lowest BCUT2D eigenvalue weighted by Crippen LogP contribution is -1.84. The topological polar surface area (TPSA) is 17.1 Å². The van der Waals surface area contributed by atoms with Crippen molar-refractivity contribution in [2.24, 2.45) is 0 Å². The quantitative estimate of drug-likeness (QED) is 0.404. The van der Waals surface area contributed by atoms with Crippen molar-refractivity contribution in [1.82, 2.24) is 0 Å². The van der Waals surface area contributed by atoms with Gasteiger partial charge in [0.05, 0.1) is 0 Å². The molecule has 0 N–H and O–H groups in total. The number of carbonyl (C=O) groups excluding carboxylic acids is 1. The predicted octanol–water partition coefficient (Wildman–Crippen LogP) is 3.46. The van der Waals surface area contributed by atoms with E-state index in [1.165, 1.54) is 10.5 Å². The average molecular weight is 208 g/mol. The summed E-state index contributed by atoms with van der Waals surface area (Å²) in [7, 11) is 0. The summed E-state index contributed by atoms with van der Waals surface area (Å²) < 4.78 is 0. The molecule has 0 fully saturated rings. The first-order valence-corrected chi connectivity index (χ1v) is 5.95. The highest BCUT2D eigenvalue weighted by Gasteiger charge is 1.96. The van der Waals surface area contributed by atoms with Crippen molar-refractivity contribution >= 4 is 18.0 Å². The molecular formula is C12H16OS. The maximum atomic E-state index is 10.1. The first kappa shape index (κ1) is 11.3. The number of thioether (sulfide) groups is 1. The second-order valence-electron chi connectivity index (χ2n) is 3.28. The monoisotopic (exact) mass is 208 g/mol. The number of aldehydes is 1. The van der Waals surface area contributed by atoms with Crippen molar-refractivity contribution in [1.29, 1.82) is 0 Å². The maximum Gasteiger partial charge on any atom is 0.119 e. The van der Waals surface area contributed by atoms with Crippen molar-refractivity contribution in [3.05, 3.63) is 29.8 Å². The lowest BCUT2D eigenvalue weighted by molar-refractivity contribution is -0.107. The second kappa shape index (κ2) is 6.66. The molecular weight excluding hydrogens is 192 g/mol. The van der Waals surface area contributed by atoms with Crippen molar-refractivity contribution in [2.45, 2.75) is 31.1 Å². The van der Waals surface area contributed by atoms with Crippen LogP contribution in [0.1, 0.15) is 24.8 Å². The first-order chi connectivity index (χ1) is 6.84. The summed E-state index contributed by atoms with van der Waals surface area (Å²) >= 11 is 1.88. The molecule has 0 spiro atoms. The highest BCUT2D eigenvalue weighted by atomic mass is 32.2. The van der Waals surface area contributed by atoms with E-state index in [1.807, 2.05) is 11.8 Å². The Morgan fingerprint density at radius 2 is 2.07 bits per heavy atom. The van der Waals surface area contributed by atoms with E-state index in [0.29, 0.717) is 6.42 Å². The van der Waals surface area contributed by atoms with Crippen LogP contribution in [0.2, 0.25) is 0 Å². The van der Waals surface area contributed by atoms with Crippen molar-refractivity contribution in [3.8, 4) is 0 Å². The van der Waals surface area contributed by atoms with E-state index >= 15 is 0 Å². The Kier molecular flexibility index (Phi) is 5.38. The smallest absolute Gasteiger partial charge is 0.119 e. The van der Waals surface area contributed by atoms with Gasteiger partial charge in [0.2, 0.25) is 0 Å². The highest BCUT2D eigenvalue weighted by Crippen LogP contribution is 2.22. The standard InChI is InChI=1S/C12H16OS/c1-11-7-3-4-8-12(11)14-10-6-2-5-9-13/h3-4,7-9H,2,5-6,10H2,1H3. The normalized spacial score (nSPS) is 10.1. The van der Waals surface area contributed by atoms with Crippen LogP contribution in [-0.2, 0) is 4.79 Å². The first-order valence-electron chi connectivity index (χ1n) is 4.96. The summed E-state index contributed by atoms with van der Waals surface area (Å²) in [5, 5.41) is 0. The van der Waals surface area contributed by atoms with Gasteiger partial charge in [-0.15, -0.1) is 11.8 Å². The fourth-order valence-electron chi connectivity index (χ4n) is 1.23. The van der Waals surface area contributed by atoms with Gasteiger partial charge in [0.1, 0.15) is 6.29 Å². The fourth-order valence-corrected chi connectivity index (χ4v) is 2.27. The molecule has 0 atom stereocenters. The van der Waals surface area contributed by atoms with E-state index in [4.69, 9.17) is 0 Å². The molecule has 0 amide bonds. The van der Waals surface area contributed by atoms with Crippen LogP contribution in [0.4, 0.5) is 0 Å². The summed E-state index contributed by atoms with van der Waals surface area (Å²) in [6, 6.07) is 8.42. The number of aryl methyl sites for hydroxylation is 1. The van der Waals surface area contributed by atoms with Crippen molar-refractivity contribution in [2.75, 3.05) is 5.75 Å². The summed E-state index contributed by atoms with van der Waals surface area (Å²) in [5.41, 5.74) is 1.34. The number of rotatable bonds is 6. The third-order valence-corrected chi connectivity index (χ3v) is 3.33. The van der Waals surface area contributed by atoms with E-state index in [2.05, 4.69) is 31.2 Å². The van der Waals surface area contributed by atoms with Crippen LogP contribution in [0.3, 0.4) is 0 Å². The van der Waals surface area contributed by atoms with Crippen LogP contribution in [0.5, 0.6) is 0 Å². The van der Waals surface area contributed by atoms with Crippen LogP contribution in [0.15, 0.2) is 29.2 Å². The van der Waals surface area contributed by atoms with Gasteiger partial charge in [-0.05, 0) is 37.1 Å². The SMILES string of the molecule is Cc1ccccc1SCCCCC=O. The summed E-state index contributed by atoms with van der Waals surface area (Å²) in [6.45, 7) is 2.13. The molecule has 0 aliphatic heterocycles. The molecule has 14 heavy (non-hydrogen) atoms. The van der Waals surface area contributed by atoms with Gasteiger partial charge in [-0.1, -0.05) is 18.2 Å². The van der Waals surface area contributed by atoms with Gasteiger partial charge in [-0.25, -0.2) is 0 Å². The van der Waals surface area contributed by atoms with Crippen LogP contribution in [0, 0.1) is 6.92 Å². The zero-order valence-corrected chi connectivity index (χ0v) is 9.35. The molecule has 76 valence electrons. The second-order valence-corrected chi connectivity index (χ2v) is 4.41. The van der Waals surface area contributed by atoms with Crippen LogP contribution in [0.25, 0.3) is 0 Å². The van der Waals surface area contributed by atoms with Gasteiger partial charge < -0.3 is 4.79 Å². The third-order valence-electron chi connectivity index (χ3n) is 2.07. The third kappa shape index (κ3) is 3.97. The molecule has 1 aromatic carbocycles. The van der Waals surface area contributed by atoms with Crippen LogP contribution in [-0.4, -0.2) is 12.0 Å². The Labute approximate surface area is 89.9 Å². The van der Waals surface area contributed by atoms with Gasteiger partial charge in [0.15, 0.2) is 0 Å². The molecule has 1 rings (SSSR count). The van der Waals surface area contributed by atoms with E-state index in [9.17, 15) is 4.79 Å². The Balaban J connectivity index is 2.24. The molecule has 0 bridgehead atoms. The molecule has 0 saturated carbocycles. The highest BCUT2D eigenvalue weighted by molar-refractivity contribution is 7.99. The minimum atomic E-state index is 0.703. The number of unbranched alkanes of at least 4 members (excludes halogenated alkanes) is 2. The minimum Gasteiger partial charge on any atom is -0.303 e. The predicted molar refractivity (Wildman–Crippen MR) is 61.8 cm³/mol. The van der Waals surface area contributed by atoms with Crippen LogP contribution >= 0.6 is 11.8 Å². The van der Waals surface area contributed by atoms with Crippen molar-refractivity contribution in [3.63, 3.8) is 0 Å². The lowest BCUT2D eigenvalue weighted by atomic mass is 10.2. The molecule has 1 nitrogen and oxygen atoms in total. The van der Waals surface area contributed by atoms with E-state index in [-0.39, 0.29) is 0 Å². The minimum absolute atomic E-state index is 0.703. The number of hydrogen-bond donors (Lipinski definition) is 0. The van der Waals surface area contributed by atoms with Gasteiger partial charge in [-0.2, -0.15) is 0 Å².